The Hall–Kier alpha value is -1.72. The van der Waals surface area contributed by atoms with E-state index in [4.69, 9.17) is 17.0 Å². The largest absolute Gasteiger partial charge is 0.364 e. The van der Waals surface area contributed by atoms with Gasteiger partial charge in [0, 0.05) is 12.7 Å². The summed E-state index contributed by atoms with van der Waals surface area (Å²) >= 11 is 5.18. The zero-order valence-electron chi connectivity index (χ0n) is 10.3. The topological polar surface area (TPSA) is 47.0 Å². The van der Waals surface area contributed by atoms with E-state index in [0.717, 1.165) is 11.3 Å². The second kappa shape index (κ2) is 5.29. The number of nitrogens with zero attached hydrogens (tertiary/aromatic N) is 1. The van der Waals surface area contributed by atoms with Gasteiger partial charge in [-0.05, 0) is 24.7 Å². The van der Waals surface area contributed by atoms with Crippen molar-refractivity contribution in [3.05, 3.63) is 51.0 Å². The minimum Gasteiger partial charge on any atom is -0.364 e. The van der Waals surface area contributed by atoms with Crippen molar-refractivity contribution in [2.24, 2.45) is 0 Å². The molecule has 0 aliphatic heterocycles. The van der Waals surface area contributed by atoms with Crippen LogP contribution in [-0.4, -0.2) is 16.7 Å². The molecule has 4 nitrogen and oxygen atoms in total. The number of H-pyrrole nitrogens is 1. The van der Waals surface area contributed by atoms with Gasteiger partial charge in [-0.3, -0.25) is 14.3 Å². The first-order valence-electron chi connectivity index (χ1n) is 5.53. The molecular formula is C13H14N2O2S. The molecule has 2 rings (SSSR count). The first-order chi connectivity index (χ1) is 8.65. The number of hydrogen-bond donors (Lipinski definition) is 1. The number of aromatic amines is 1. The maximum atomic E-state index is 11.8. The third-order valence-electron chi connectivity index (χ3n) is 2.74. The summed E-state index contributed by atoms with van der Waals surface area (Å²) < 4.78 is 7.29. The third-order valence-corrected chi connectivity index (χ3v) is 3.06. The summed E-state index contributed by atoms with van der Waals surface area (Å²) in [6.07, 6.45) is 0. The maximum absolute atomic E-state index is 11.8. The van der Waals surface area contributed by atoms with E-state index < -0.39 is 0 Å². The molecule has 0 fully saturated rings. The van der Waals surface area contributed by atoms with Crippen LogP contribution in [0.3, 0.4) is 0 Å². The van der Waals surface area contributed by atoms with Gasteiger partial charge >= 0.3 is 0 Å². The first kappa shape index (κ1) is 12.7. The fourth-order valence-electron chi connectivity index (χ4n) is 1.89. The quantitative estimate of drug-likeness (QED) is 0.864. The Balaban J connectivity index is 2.79. The van der Waals surface area contributed by atoms with Crippen LogP contribution in [0.2, 0.25) is 0 Å². The highest BCUT2D eigenvalue weighted by Crippen LogP contribution is 2.20. The van der Waals surface area contributed by atoms with E-state index in [1.54, 1.807) is 18.6 Å². The van der Waals surface area contributed by atoms with Crippen molar-refractivity contribution in [1.82, 2.24) is 9.55 Å². The smallest absolute Gasteiger partial charge is 0.255 e. The minimum absolute atomic E-state index is 0.161. The van der Waals surface area contributed by atoms with Gasteiger partial charge in [-0.2, -0.15) is 0 Å². The fraction of sp³-hybridized carbons (Fsp3) is 0.231. The lowest BCUT2D eigenvalue weighted by atomic mass is 10.1. The monoisotopic (exact) mass is 262 g/mol. The molecule has 1 aromatic heterocycles. The normalized spacial score (nSPS) is 10.6. The molecule has 0 atom stereocenters. The summed E-state index contributed by atoms with van der Waals surface area (Å²) in [4.78, 5) is 14.5. The summed E-state index contributed by atoms with van der Waals surface area (Å²) in [5.74, 6) is 0. The molecule has 5 heteroatoms. The number of ether oxygens (including phenoxy) is 1. The summed E-state index contributed by atoms with van der Waals surface area (Å²) in [6, 6.07) is 9.68. The number of nitrogens with one attached hydrogen (secondary N) is 1. The second-order valence-electron chi connectivity index (χ2n) is 3.94. The molecule has 0 amide bonds. The Labute approximate surface area is 110 Å². The maximum Gasteiger partial charge on any atom is 0.255 e. The van der Waals surface area contributed by atoms with E-state index in [1.807, 2.05) is 30.3 Å². The zero-order chi connectivity index (χ0) is 13.1. The van der Waals surface area contributed by atoms with E-state index in [0.29, 0.717) is 17.1 Å². The molecule has 94 valence electrons. The zero-order valence-corrected chi connectivity index (χ0v) is 11.1. The van der Waals surface area contributed by atoms with Gasteiger partial charge in [0.1, 0.15) is 6.73 Å². The highest BCUT2D eigenvalue weighted by atomic mass is 32.1. The molecular weight excluding hydrogens is 248 g/mol. The Kier molecular flexibility index (Phi) is 3.74. The Morgan fingerprint density at radius 1 is 1.33 bits per heavy atom. The van der Waals surface area contributed by atoms with Crippen molar-refractivity contribution in [2.45, 2.75) is 13.7 Å². The Morgan fingerprint density at radius 3 is 2.61 bits per heavy atom. The van der Waals surface area contributed by atoms with Gasteiger partial charge in [0.2, 0.25) is 0 Å². The van der Waals surface area contributed by atoms with E-state index in [2.05, 4.69) is 4.98 Å². The number of benzene rings is 1. The Morgan fingerprint density at radius 2 is 2.00 bits per heavy atom. The predicted molar refractivity (Wildman–Crippen MR) is 73.1 cm³/mol. The molecule has 0 radical (unpaired) electrons. The highest BCUT2D eigenvalue weighted by Gasteiger charge is 2.11. The van der Waals surface area contributed by atoms with Gasteiger partial charge in [0.15, 0.2) is 4.77 Å². The van der Waals surface area contributed by atoms with Crippen molar-refractivity contribution in [3.63, 3.8) is 0 Å². The minimum atomic E-state index is -0.161. The lowest BCUT2D eigenvalue weighted by Crippen LogP contribution is -2.19. The van der Waals surface area contributed by atoms with Crippen LogP contribution in [-0.2, 0) is 11.5 Å². The third kappa shape index (κ3) is 2.27. The number of hydrogen-bond acceptors (Lipinski definition) is 3. The molecule has 1 N–H and O–H groups in total. The van der Waals surface area contributed by atoms with E-state index >= 15 is 0 Å². The number of rotatable bonds is 3. The van der Waals surface area contributed by atoms with E-state index in [9.17, 15) is 4.79 Å². The summed E-state index contributed by atoms with van der Waals surface area (Å²) in [7, 11) is 1.59. The van der Waals surface area contributed by atoms with Gasteiger partial charge in [0.05, 0.1) is 5.69 Å². The van der Waals surface area contributed by atoms with Crippen LogP contribution in [0, 0.1) is 11.7 Å². The van der Waals surface area contributed by atoms with Gasteiger partial charge in [-0.25, -0.2) is 0 Å². The Bertz CT molecular complexity index is 659. The molecule has 0 bridgehead atoms. The molecule has 0 unspecified atom stereocenters. The molecule has 0 spiro atoms. The van der Waals surface area contributed by atoms with Crippen molar-refractivity contribution in [1.29, 1.82) is 0 Å². The molecule has 1 heterocycles. The van der Waals surface area contributed by atoms with Gasteiger partial charge < -0.3 is 4.74 Å². The van der Waals surface area contributed by atoms with Crippen molar-refractivity contribution >= 4 is 12.2 Å². The highest BCUT2D eigenvalue weighted by molar-refractivity contribution is 7.71. The predicted octanol–water partition coefficient (Wildman–Crippen LogP) is 2.49. The molecule has 0 aliphatic carbocycles. The van der Waals surface area contributed by atoms with Crippen LogP contribution in [0.4, 0.5) is 0 Å². The SMILES string of the molecule is COCn1c(-c2ccccc2)c(C)c(=O)[nH]c1=S. The molecule has 0 saturated carbocycles. The average molecular weight is 262 g/mol. The van der Waals surface area contributed by atoms with Gasteiger partial charge in [0.25, 0.3) is 5.56 Å². The van der Waals surface area contributed by atoms with Crippen molar-refractivity contribution in [3.8, 4) is 11.3 Å². The first-order valence-corrected chi connectivity index (χ1v) is 5.94. The summed E-state index contributed by atoms with van der Waals surface area (Å²) in [5.41, 5.74) is 2.22. The van der Waals surface area contributed by atoms with E-state index in [-0.39, 0.29) is 5.56 Å². The fourth-order valence-corrected chi connectivity index (χ4v) is 2.13. The molecule has 18 heavy (non-hydrogen) atoms. The molecule has 0 saturated heterocycles. The molecule has 0 aliphatic rings. The van der Waals surface area contributed by atoms with Crippen LogP contribution >= 0.6 is 12.2 Å². The average Bonchev–Trinajstić information content (AvgIpc) is 2.37. The second-order valence-corrected chi connectivity index (χ2v) is 4.33. The molecule has 1 aromatic carbocycles. The van der Waals surface area contributed by atoms with Crippen LogP contribution < -0.4 is 5.56 Å². The summed E-state index contributed by atoms with van der Waals surface area (Å²) in [5, 5.41) is 0. The van der Waals surface area contributed by atoms with Crippen LogP contribution in [0.15, 0.2) is 35.1 Å². The number of aromatic nitrogens is 2. The van der Waals surface area contributed by atoms with Crippen molar-refractivity contribution in [2.75, 3.05) is 7.11 Å². The lowest BCUT2D eigenvalue weighted by molar-refractivity contribution is 0.129. The van der Waals surface area contributed by atoms with Crippen LogP contribution in [0.1, 0.15) is 5.56 Å². The van der Waals surface area contributed by atoms with Crippen LogP contribution in [0.25, 0.3) is 11.3 Å². The standard InChI is InChI=1S/C13H14N2O2S/c1-9-11(10-6-4-3-5-7-10)15(8-17-2)13(18)14-12(9)16/h3-7H,8H2,1-2H3,(H,14,16,18). The number of methoxy groups -OCH3 is 1. The van der Waals surface area contributed by atoms with Crippen LogP contribution in [0.5, 0.6) is 0 Å². The van der Waals surface area contributed by atoms with Crippen molar-refractivity contribution < 1.29 is 4.74 Å². The van der Waals surface area contributed by atoms with E-state index in [1.165, 1.54) is 0 Å². The van der Waals surface area contributed by atoms with Gasteiger partial charge in [-0.1, -0.05) is 30.3 Å². The lowest BCUT2D eigenvalue weighted by Gasteiger charge is -2.15. The summed E-state index contributed by atoms with van der Waals surface area (Å²) in [6.45, 7) is 2.09. The molecule has 2 aromatic rings. The van der Waals surface area contributed by atoms with Gasteiger partial charge in [-0.15, -0.1) is 0 Å².